The fourth-order valence-electron chi connectivity index (χ4n) is 2.53. The lowest BCUT2D eigenvalue weighted by Crippen LogP contribution is -2.31. The first kappa shape index (κ1) is 9.19. The van der Waals surface area contributed by atoms with E-state index < -0.39 is 0 Å². The van der Waals surface area contributed by atoms with Crippen molar-refractivity contribution in [3.8, 4) is 0 Å². The Morgan fingerprint density at radius 1 is 1.13 bits per heavy atom. The molecule has 0 bridgehead atoms. The zero-order valence-electron chi connectivity index (χ0n) is 8.70. The summed E-state index contributed by atoms with van der Waals surface area (Å²) >= 11 is 0. The van der Waals surface area contributed by atoms with Gasteiger partial charge in [-0.15, -0.1) is 0 Å². The molecule has 0 radical (unpaired) electrons. The van der Waals surface area contributed by atoms with E-state index in [4.69, 9.17) is 4.84 Å². The Morgan fingerprint density at radius 2 is 1.93 bits per heavy atom. The second-order valence-corrected chi connectivity index (χ2v) is 4.32. The van der Waals surface area contributed by atoms with Gasteiger partial charge in [-0.25, -0.2) is 0 Å². The van der Waals surface area contributed by atoms with E-state index in [1.165, 1.54) is 18.4 Å². The summed E-state index contributed by atoms with van der Waals surface area (Å²) in [5.74, 6) is 0.655. The van der Waals surface area contributed by atoms with Crippen LogP contribution in [0.3, 0.4) is 0 Å². The summed E-state index contributed by atoms with van der Waals surface area (Å²) in [5.41, 5.74) is 5.49. The monoisotopic (exact) mass is 204 g/mol. The van der Waals surface area contributed by atoms with Crippen LogP contribution >= 0.6 is 0 Å². The molecule has 1 fully saturated rings. The number of fused-ring (bicyclic) bond motifs is 1. The molecule has 3 heteroatoms. The third-order valence-electron chi connectivity index (χ3n) is 3.38. The van der Waals surface area contributed by atoms with Crippen LogP contribution in [0.2, 0.25) is 0 Å². The van der Waals surface area contributed by atoms with Crippen molar-refractivity contribution in [2.24, 2.45) is 5.92 Å². The molecule has 2 aliphatic rings. The number of para-hydroxylation sites is 1. The van der Waals surface area contributed by atoms with E-state index in [0.717, 1.165) is 18.8 Å². The molecule has 2 N–H and O–H groups in total. The van der Waals surface area contributed by atoms with Crippen LogP contribution in [-0.4, -0.2) is 13.1 Å². The Morgan fingerprint density at radius 3 is 2.80 bits per heavy atom. The quantitative estimate of drug-likeness (QED) is 0.735. The van der Waals surface area contributed by atoms with Crippen molar-refractivity contribution >= 4 is 5.69 Å². The Labute approximate surface area is 89.8 Å². The third kappa shape index (κ3) is 1.62. The fourth-order valence-corrected chi connectivity index (χ4v) is 2.53. The average Bonchev–Trinajstić information content (AvgIpc) is 2.74. The predicted octanol–water partition coefficient (Wildman–Crippen LogP) is 2.08. The van der Waals surface area contributed by atoms with Crippen molar-refractivity contribution in [1.82, 2.24) is 5.32 Å². The Kier molecular flexibility index (Phi) is 2.35. The molecule has 1 atom stereocenters. The number of hydrogen-bond donors (Lipinski definition) is 2. The van der Waals surface area contributed by atoms with E-state index in [1.807, 2.05) is 6.07 Å². The van der Waals surface area contributed by atoms with E-state index in [0.29, 0.717) is 5.92 Å². The lowest BCUT2D eigenvalue weighted by atomic mass is 9.88. The molecule has 0 aliphatic carbocycles. The van der Waals surface area contributed by atoms with Crippen LogP contribution in [0.4, 0.5) is 5.69 Å². The summed E-state index contributed by atoms with van der Waals surface area (Å²) in [6.45, 7) is 2.24. The molecule has 3 nitrogen and oxygen atoms in total. The van der Waals surface area contributed by atoms with Crippen LogP contribution in [-0.2, 0) is 4.84 Å². The number of hydrogen-bond acceptors (Lipinski definition) is 3. The number of nitrogens with one attached hydrogen (secondary N) is 2. The van der Waals surface area contributed by atoms with E-state index in [-0.39, 0.29) is 6.10 Å². The number of anilines is 1. The molecule has 1 aromatic carbocycles. The third-order valence-corrected chi connectivity index (χ3v) is 3.38. The van der Waals surface area contributed by atoms with Crippen LogP contribution in [0.25, 0.3) is 0 Å². The van der Waals surface area contributed by atoms with Crippen LogP contribution in [0.15, 0.2) is 24.3 Å². The predicted molar refractivity (Wildman–Crippen MR) is 59.5 cm³/mol. The first-order valence-electron chi connectivity index (χ1n) is 5.66. The molecular weight excluding hydrogens is 188 g/mol. The zero-order valence-corrected chi connectivity index (χ0v) is 8.70. The lowest BCUT2D eigenvalue weighted by Gasteiger charge is -2.26. The van der Waals surface area contributed by atoms with Crippen LogP contribution < -0.4 is 10.8 Å². The molecule has 80 valence electrons. The van der Waals surface area contributed by atoms with E-state index in [2.05, 4.69) is 29.0 Å². The Balaban J connectivity index is 1.83. The van der Waals surface area contributed by atoms with Crippen molar-refractivity contribution < 1.29 is 4.84 Å². The largest absolute Gasteiger partial charge is 0.317 e. The summed E-state index contributed by atoms with van der Waals surface area (Å²) in [4.78, 5) is 5.69. The highest BCUT2D eigenvalue weighted by molar-refractivity contribution is 5.53. The average molecular weight is 204 g/mol. The summed E-state index contributed by atoms with van der Waals surface area (Å²) in [6.07, 6.45) is 2.67. The highest BCUT2D eigenvalue weighted by Crippen LogP contribution is 2.40. The minimum absolute atomic E-state index is 0.253. The summed E-state index contributed by atoms with van der Waals surface area (Å²) in [6, 6.07) is 8.38. The summed E-state index contributed by atoms with van der Waals surface area (Å²) in [7, 11) is 0. The normalized spacial score (nSPS) is 26.0. The molecule has 1 aromatic rings. The topological polar surface area (TPSA) is 33.3 Å². The molecule has 15 heavy (non-hydrogen) atoms. The highest BCUT2D eigenvalue weighted by Gasteiger charge is 2.31. The van der Waals surface area contributed by atoms with Gasteiger partial charge in [-0.2, -0.15) is 0 Å². The second kappa shape index (κ2) is 3.83. The summed E-state index contributed by atoms with van der Waals surface area (Å²) in [5, 5.41) is 3.39. The molecule has 2 aliphatic heterocycles. The standard InChI is InChI=1S/C12H16N2O/c1-2-4-11-10(3-1)12(15-14-11)9-5-7-13-8-6-9/h1-4,9,12-14H,5-8H2. The maximum Gasteiger partial charge on any atom is 0.115 e. The molecule has 3 rings (SSSR count). The van der Waals surface area contributed by atoms with Gasteiger partial charge in [0.05, 0.1) is 5.69 Å². The van der Waals surface area contributed by atoms with Gasteiger partial charge in [0.15, 0.2) is 0 Å². The van der Waals surface area contributed by atoms with Gasteiger partial charge >= 0.3 is 0 Å². The first-order chi connectivity index (χ1) is 7.45. The maximum atomic E-state index is 5.69. The number of rotatable bonds is 1. The smallest absolute Gasteiger partial charge is 0.115 e. The molecule has 1 saturated heterocycles. The SMILES string of the molecule is c1ccc2c(c1)NOC2C1CCNCC1. The Hall–Kier alpha value is -1.06. The van der Waals surface area contributed by atoms with Gasteiger partial charge in [0, 0.05) is 5.56 Å². The van der Waals surface area contributed by atoms with Crippen molar-refractivity contribution in [1.29, 1.82) is 0 Å². The number of benzene rings is 1. The van der Waals surface area contributed by atoms with Gasteiger partial charge in [-0.3, -0.25) is 10.3 Å². The molecule has 0 saturated carbocycles. The van der Waals surface area contributed by atoms with Crippen molar-refractivity contribution in [2.45, 2.75) is 18.9 Å². The molecule has 0 aromatic heterocycles. The van der Waals surface area contributed by atoms with Crippen molar-refractivity contribution in [3.05, 3.63) is 29.8 Å². The van der Waals surface area contributed by atoms with Gasteiger partial charge in [0.1, 0.15) is 6.10 Å². The molecule has 0 spiro atoms. The highest BCUT2D eigenvalue weighted by atomic mass is 16.7. The van der Waals surface area contributed by atoms with Crippen LogP contribution in [0, 0.1) is 5.92 Å². The minimum Gasteiger partial charge on any atom is -0.317 e. The molecule has 1 unspecified atom stereocenters. The zero-order chi connectivity index (χ0) is 10.1. The molecular formula is C12H16N2O. The van der Waals surface area contributed by atoms with E-state index in [1.54, 1.807) is 0 Å². The van der Waals surface area contributed by atoms with Gasteiger partial charge in [-0.05, 0) is 37.9 Å². The van der Waals surface area contributed by atoms with Crippen LogP contribution in [0.5, 0.6) is 0 Å². The summed E-state index contributed by atoms with van der Waals surface area (Å²) < 4.78 is 0. The number of piperidine rings is 1. The minimum atomic E-state index is 0.253. The Bertz CT molecular complexity index is 347. The van der Waals surface area contributed by atoms with Gasteiger partial charge in [-0.1, -0.05) is 18.2 Å². The van der Waals surface area contributed by atoms with Gasteiger partial charge < -0.3 is 5.32 Å². The molecule has 2 heterocycles. The van der Waals surface area contributed by atoms with Gasteiger partial charge in [0.2, 0.25) is 0 Å². The first-order valence-corrected chi connectivity index (χ1v) is 5.66. The maximum absolute atomic E-state index is 5.69. The van der Waals surface area contributed by atoms with E-state index in [9.17, 15) is 0 Å². The van der Waals surface area contributed by atoms with Crippen molar-refractivity contribution in [3.63, 3.8) is 0 Å². The fraction of sp³-hybridized carbons (Fsp3) is 0.500. The van der Waals surface area contributed by atoms with E-state index >= 15 is 0 Å². The second-order valence-electron chi connectivity index (χ2n) is 4.32. The lowest BCUT2D eigenvalue weighted by molar-refractivity contribution is 0.0536. The van der Waals surface area contributed by atoms with Crippen molar-refractivity contribution in [2.75, 3.05) is 18.6 Å². The van der Waals surface area contributed by atoms with Crippen LogP contribution in [0.1, 0.15) is 24.5 Å². The van der Waals surface area contributed by atoms with Gasteiger partial charge in [0.25, 0.3) is 0 Å². The molecule has 0 amide bonds.